The molecule has 7 heteroatoms. The Labute approximate surface area is 156 Å². The molecule has 1 N–H and O–H groups in total. The minimum Gasteiger partial charge on any atom is -0.340 e. The van der Waals surface area contributed by atoms with Crippen molar-refractivity contribution < 1.29 is 13.2 Å². The molecule has 26 heavy (non-hydrogen) atoms. The molecule has 2 saturated heterocycles. The molecule has 0 saturated carbocycles. The van der Waals surface area contributed by atoms with Crippen molar-refractivity contribution in [2.75, 3.05) is 39.3 Å². The number of carbonyl (C=O) groups excluding carboxylic acids is 1. The SMILES string of the molecule is CC(C)c1ccc(S(=O)(=O)N2CCN(C(=O)C3CCNCC3)CC2)cc1. The third-order valence-electron chi connectivity index (χ3n) is 5.42. The van der Waals surface area contributed by atoms with E-state index in [9.17, 15) is 13.2 Å². The standard InChI is InChI=1S/C19H29N3O3S/c1-15(2)16-3-5-18(6-4-16)26(24,25)22-13-11-21(12-14-22)19(23)17-7-9-20-10-8-17/h3-6,15,17,20H,7-14H2,1-2H3. The summed E-state index contributed by atoms with van der Waals surface area (Å²) in [6.07, 6.45) is 1.75. The highest BCUT2D eigenvalue weighted by molar-refractivity contribution is 7.89. The molecule has 2 aliphatic heterocycles. The maximum absolute atomic E-state index is 12.9. The van der Waals surface area contributed by atoms with Crippen LogP contribution in [0.15, 0.2) is 29.2 Å². The second kappa shape index (κ2) is 8.06. The Bertz CT molecular complexity index is 717. The highest BCUT2D eigenvalue weighted by Gasteiger charge is 2.32. The molecule has 2 heterocycles. The molecule has 0 spiro atoms. The molecule has 6 nitrogen and oxygen atoms in total. The first-order valence-electron chi connectivity index (χ1n) is 9.49. The van der Waals surface area contributed by atoms with Gasteiger partial charge in [-0.2, -0.15) is 4.31 Å². The number of nitrogens with one attached hydrogen (secondary N) is 1. The number of piperazine rings is 1. The third-order valence-corrected chi connectivity index (χ3v) is 7.34. The highest BCUT2D eigenvalue weighted by atomic mass is 32.2. The topological polar surface area (TPSA) is 69.7 Å². The number of carbonyl (C=O) groups is 1. The van der Waals surface area contributed by atoms with E-state index in [2.05, 4.69) is 19.2 Å². The lowest BCUT2D eigenvalue weighted by atomic mass is 9.96. The summed E-state index contributed by atoms with van der Waals surface area (Å²) in [6, 6.07) is 7.15. The van der Waals surface area contributed by atoms with Crippen LogP contribution in [0.1, 0.15) is 38.2 Å². The van der Waals surface area contributed by atoms with E-state index in [1.54, 1.807) is 12.1 Å². The molecular weight excluding hydrogens is 350 g/mol. The lowest BCUT2D eigenvalue weighted by molar-refractivity contribution is -0.137. The number of amides is 1. The Balaban J connectivity index is 1.62. The van der Waals surface area contributed by atoms with E-state index in [1.165, 1.54) is 4.31 Å². The highest BCUT2D eigenvalue weighted by Crippen LogP contribution is 2.22. The molecule has 2 aliphatic rings. The molecule has 144 valence electrons. The van der Waals surface area contributed by atoms with Crippen LogP contribution in [-0.4, -0.2) is 62.8 Å². The van der Waals surface area contributed by atoms with Gasteiger partial charge >= 0.3 is 0 Å². The van der Waals surface area contributed by atoms with Crippen LogP contribution >= 0.6 is 0 Å². The molecule has 0 aliphatic carbocycles. The van der Waals surface area contributed by atoms with Crippen molar-refractivity contribution in [2.45, 2.75) is 37.5 Å². The van der Waals surface area contributed by atoms with E-state index in [1.807, 2.05) is 17.0 Å². The van der Waals surface area contributed by atoms with Gasteiger partial charge in [-0.1, -0.05) is 26.0 Å². The van der Waals surface area contributed by atoms with Crippen LogP contribution in [0, 0.1) is 5.92 Å². The molecule has 1 amide bonds. The average Bonchev–Trinajstić information content (AvgIpc) is 2.68. The van der Waals surface area contributed by atoms with Crippen molar-refractivity contribution in [3.05, 3.63) is 29.8 Å². The first kappa shape index (κ1) is 19.3. The van der Waals surface area contributed by atoms with Gasteiger partial charge in [-0.3, -0.25) is 4.79 Å². The zero-order valence-corrected chi connectivity index (χ0v) is 16.5. The average molecular weight is 380 g/mol. The summed E-state index contributed by atoms with van der Waals surface area (Å²) in [5.41, 5.74) is 1.13. The van der Waals surface area contributed by atoms with Crippen LogP contribution in [0.3, 0.4) is 0 Å². The molecular formula is C19H29N3O3S. The summed E-state index contributed by atoms with van der Waals surface area (Å²) in [5, 5.41) is 3.27. The second-order valence-electron chi connectivity index (χ2n) is 7.48. The Morgan fingerprint density at radius 3 is 2.15 bits per heavy atom. The van der Waals surface area contributed by atoms with E-state index in [4.69, 9.17) is 0 Å². The minimum absolute atomic E-state index is 0.0861. The first-order chi connectivity index (χ1) is 12.4. The van der Waals surface area contributed by atoms with Crippen LogP contribution in [-0.2, 0) is 14.8 Å². The summed E-state index contributed by atoms with van der Waals surface area (Å²) < 4.78 is 27.2. The molecule has 2 fully saturated rings. The lowest BCUT2D eigenvalue weighted by Gasteiger charge is -2.36. The number of hydrogen-bond donors (Lipinski definition) is 1. The van der Waals surface area contributed by atoms with E-state index >= 15 is 0 Å². The van der Waals surface area contributed by atoms with Gasteiger partial charge in [0.25, 0.3) is 0 Å². The van der Waals surface area contributed by atoms with Crippen molar-refractivity contribution >= 4 is 15.9 Å². The molecule has 0 atom stereocenters. The summed E-state index contributed by atoms with van der Waals surface area (Å²) >= 11 is 0. The molecule has 0 radical (unpaired) electrons. The van der Waals surface area contributed by atoms with Crippen molar-refractivity contribution in [1.82, 2.24) is 14.5 Å². The zero-order valence-electron chi connectivity index (χ0n) is 15.6. The predicted octanol–water partition coefficient (Wildman–Crippen LogP) is 1.64. The molecule has 0 unspecified atom stereocenters. The number of benzene rings is 1. The van der Waals surface area contributed by atoms with Crippen molar-refractivity contribution in [2.24, 2.45) is 5.92 Å². The van der Waals surface area contributed by atoms with Gasteiger partial charge in [0.05, 0.1) is 4.90 Å². The number of hydrogen-bond acceptors (Lipinski definition) is 4. The first-order valence-corrected chi connectivity index (χ1v) is 10.9. The molecule has 3 rings (SSSR count). The second-order valence-corrected chi connectivity index (χ2v) is 9.42. The largest absolute Gasteiger partial charge is 0.340 e. The smallest absolute Gasteiger partial charge is 0.243 e. The summed E-state index contributed by atoms with van der Waals surface area (Å²) in [6.45, 7) is 7.63. The lowest BCUT2D eigenvalue weighted by Crippen LogP contribution is -2.52. The third kappa shape index (κ3) is 4.10. The fourth-order valence-electron chi connectivity index (χ4n) is 3.65. The molecule has 0 aromatic heterocycles. The maximum atomic E-state index is 12.9. The molecule has 1 aromatic carbocycles. The Morgan fingerprint density at radius 2 is 1.62 bits per heavy atom. The fourth-order valence-corrected chi connectivity index (χ4v) is 5.07. The minimum atomic E-state index is -3.49. The van der Waals surface area contributed by atoms with Gasteiger partial charge in [-0.25, -0.2) is 8.42 Å². The van der Waals surface area contributed by atoms with Crippen LogP contribution in [0.2, 0.25) is 0 Å². The number of piperidine rings is 1. The van der Waals surface area contributed by atoms with Gasteiger partial charge in [-0.15, -0.1) is 0 Å². The quantitative estimate of drug-likeness (QED) is 0.864. The Hall–Kier alpha value is -1.44. The molecule has 0 bridgehead atoms. The fraction of sp³-hybridized carbons (Fsp3) is 0.632. The molecule has 1 aromatic rings. The zero-order chi connectivity index (χ0) is 18.7. The number of rotatable bonds is 4. The maximum Gasteiger partial charge on any atom is 0.243 e. The van der Waals surface area contributed by atoms with Gasteiger partial charge in [0.15, 0.2) is 0 Å². The van der Waals surface area contributed by atoms with Crippen molar-refractivity contribution in [1.29, 1.82) is 0 Å². The summed E-state index contributed by atoms with van der Waals surface area (Å²) in [4.78, 5) is 14.8. The van der Waals surface area contributed by atoms with E-state index in [0.29, 0.717) is 37.0 Å². The summed E-state index contributed by atoms with van der Waals surface area (Å²) in [7, 11) is -3.49. The number of nitrogens with zero attached hydrogens (tertiary/aromatic N) is 2. The van der Waals surface area contributed by atoms with Crippen LogP contribution in [0.5, 0.6) is 0 Å². The van der Waals surface area contributed by atoms with Gasteiger partial charge in [0.2, 0.25) is 15.9 Å². The monoisotopic (exact) mass is 379 g/mol. The number of sulfonamides is 1. The van der Waals surface area contributed by atoms with Crippen molar-refractivity contribution in [3.63, 3.8) is 0 Å². The van der Waals surface area contributed by atoms with Gasteiger partial charge in [-0.05, 0) is 49.5 Å². The van der Waals surface area contributed by atoms with Gasteiger partial charge in [0.1, 0.15) is 0 Å². The predicted molar refractivity (Wildman–Crippen MR) is 101 cm³/mol. The van der Waals surface area contributed by atoms with Crippen LogP contribution in [0.25, 0.3) is 0 Å². The van der Waals surface area contributed by atoms with Gasteiger partial charge in [0, 0.05) is 32.1 Å². The van der Waals surface area contributed by atoms with E-state index < -0.39 is 10.0 Å². The van der Waals surface area contributed by atoms with Crippen molar-refractivity contribution in [3.8, 4) is 0 Å². The van der Waals surface area contributed by atoms with Crippen LogP contribution in [0.4, 0.5) is 0 Å². The van der Waals surface area contributed by atoms with E-state index in [0.717, 1.165) is 31.5 Å². The Kier molecular flexibility index (Phi) is 5.99. The summed E-state index contributed by atoms with van der Waals surface area (Å²) in [5.74, 6) is 0.643. The Morgan fingerprint density at radius 1 is 1.04 bits per heavy atom. The van der Waals surface area contributed by atoms with Crippen LogP contribution < -0.4 is 5.32 Å². The van der Waals surface area contributed by atoms with E-state index in [-0.39, 0.29) is 11.8 Å². The normalized spacial score (nSPS) is 20.5. The van der Waals surface area contributed by atoms with Gasteiger partial charge < -0.3 is 10.2 Å².